The number of hydrogen-bond acceptors (Lipinski definition) is 3. The molecule has 26 heavy (non-hydrogen) atoms. The van der Waals surface area contributed by atoms with Gasteiger partial charge >= 0.3 is 0 Å². The highest BCUT2D eigenvalue weighted by atomic mass is 16.2. The number of piperidine rings is 1. The van der Waals surface area contributed by atoms with E-state index in [0.717, 1.165) is 58.4 Å². The molecular weight excluding hydrogens is 326 g/mol. The standard InChI is InChI=1S/C21H29N3O2/c25-20-10-9-19(16-24(20)15-17-5-2-1-3-6-17)22-11-4-12-23(14-13-22)21(26)18-7-8-18/h1-3,5-6,18-19H,4,7-16H2. The van der Waals surface area contributed by atoms with Gasteiger partial charge in [0.05, 0.1) is 0 Å². The maximum Gasteiger partial charge on any atom is 0.225 e. The molecule has 4 rings (SSSR count). The highest BCUT2D eigenvalue weighted by molar-refractivity contribution is 5.81. The van der Waals surface area contributed by atoms with Crippen molar-refractivity contribution in [3.8, 4) is 0 Å². The molecule has 1 aromatic rings. The molecular formula is C21H29N3O2. The molecule has 2 aliphatic heterocycles. The second-order valence-corrected chi connectivity index (χ2v) is 7.94. The summed E-state index contributed by atoms with van der Waals surface area (Å²) in [6, 6.07) is 10.7. The first kappa shape index (κ1) is 17.5. The summed E-state index contributed by atoms with van der Waals surface area (Å²) in [5.41, 5.74) is 1.19. The molecule has 0 spiro atoms. The third-order valence-corrected chi connectivity index (χ3v) is 5.98. The van der Waals surface area contributed by atoms with E-state index >= 15 is 0 Å². The smallest absolute Gasteiger partial charge is 0.225 e. The summed E-state index contributed by atoms with van der Waals surface area (Å²) < 4.78 is 0. The van der Waals surface area contributed by atoms with Gasteiger partial charge in [-0.15, -0.1) is 0 Å². The fraction of sp³-hybridized carbons (Fsp3) is 0.619. The van der Waals surface area contributed by atoms with Crippen molar-refractivity contribution in [2.45, 2.75) is 44.7 Å². The molecule has 2 heterocycles. The molecule has 0 radical (unpaired) electrons. The van der Waals surface area contributed by atoms with Crippen LogP contribution >= 0.6 is 0 Å². The monoisotopic (exact) mass is 355 g/mol. The van der Waals surface area contributed by atoms with Gasteiger partial charge in [-0.05, 0) is 31.2 Å². The Morgan fingerprint density at radius 2 is 1.81 bits per heavy atom. The van der Waals surface area contributed by atoms with Gasteiger partial charge in [0.2, 0.25) is 11.8 Å². The van der Waals surface area contributed by atoms with Crippen LogP contribution in [-0.4, -0.2) is 65.3 Å². The Bertz CT molecular complexity index is 644. The average molecular weight is 355 g/mol. The predicted molar refractivity (Wildman–Crippen MR) is 100 cm³/mol. The molecule has 1 aromatic carbocycles. The van der Waals surface area contributed by atoms with Crippen molar-refractivity contribution >= 4 is 11.8 Å². The van der Waals surface area contributed by atoms with Crippen molar-refractivity contribution in [2.75, 3.05) is 32.7 Å². The van der Waals surface area contributed by atoms with Crippen molar-refractivity contribution in [2.24, 2.45) is 5.92 Å². The molecule has 1 saturated carbocycles. The summed E-state index contributed by atoms with van der Waals surface area (Å²) in [5.74, 6) is 0.956. The van der Waals surface area contributed by atoms with Crippen LogP contribution in [0.25, 0.3) is 0 Å². The number of hydrogen-bond donors (Lipinski definition) is 0. The first-order valence-electron chi connectivity index (χ1n) is 10.1. The lowest BCUT2D eigenvalue weighted by atomic mass is 10.0. The molecule has 1 atom stereocenters. The fourth-order valence-corrected chi connectivity index (χ4v) is 4.26. The Hall–Kier alpha value is -1.88. The van der Waals surface area contributed by atoms with Gasteiger partial charge in [0, 0.05) is 57.6 Å². The quantitative estimate of drug-likeness (QED) is 0.831. The molecule has 0 bridgehead atoms. The van der Waals surface area contributed by atoms with E-state index in [1.54, 1.807) is 0 Å². The Morgan fingerprint density at radius 1 is 1.00 bits per heavy atom. The van der Waals surface area contributed by atoms with Gasteiger partial charge in [-0.2, -0.15) is 0 Å². The van der Waals surface area contributed by atoms with Gasteiger partial charge in [-0.25, -0.2) is 0 Å². The van der Waals surface area contributed by atoms with Crippen LogP contribution in [0, 0.1) is 5.92 Å². The Balaban J connectivity index is 1.35. The lowest BCUT2D eigenvalue weighted by Crippen LogP contribution is -2.50. The second kappa shape index (κ2) is 7.78. The van der Waals surface area contributed by atoms with Crippen molar-refractivity contribution in [1.29, 1.82) is 0 Å². The summed E-state index contributed by atoms with van der Waals surface area (Å²) >= 11 is 0. The second-order valence-electron chi connectivity index (χ2n) is 7.94. The lowest BCUT2D eigenvalue weighted by Gasteiger charge is -2.39. The molecule has 5 heteroatoms. The van der Waals surface area contributed by atoms with Gasteiger partial charge in [0.25, 0.3) is 0 Å². The van der Waals surface area contributed by atoms with E-state index in [2.05, 4.69) is 21.9 Å². The number of amides is 2. The minimum atomic E-state index is 0.269. The van der Waals surface area contributed by atoms with E-state index in [9.17, 15) is 9.59 Å². The van der Waals surface area contributed by atoms with Crippen molar-refractivity contribution in [3.63, 3.8) is 0 Å². The Labute approximate surface area is 155 Å². The summed E-state index contributed by atoms with van der Waals surface area (Å²) in [6.07, 6.45) is 4.79. The number of benzene rings is 1. The van der Waals surface area contributed by atoms with Gasteiger partial charge in [-0.1, -0.05) is 30.3 Å². The molecule has 1 unspecified atom stereocenters. The van der Waals surface area contributed by atoms with Gasteiger partial charge in [0.15, 0.2) is 0 Å². The highest BCUT2D eigenvalue weighted by Gasteiger charge is 2.35. The summed E-state index contributed by atoms with van der Waals surface area (Å²) in [5, 5.41) is 0. The third kappa shape index (κ3) is 4.09. The van der Waals surface area contributed by atoms with Gasteiger partial charge in [-0.3, -0.25) is 14.5 Å². The first-order valence-corrected chi connectivity index (χ1v) is 10.1. The van der Waals surface area contributed by atoms with Gasteiger partial charge < -0.3 is 9.80 Å². The Kier molecular flexibility index (Phi) is 5.25. The summed E-state index contributed by atoms with van der Waals surface area (Å²) in [7, 11) is 0. The molecule has 3 aliphatic rings. The van der Waals surface area contributed by atoms with Crippen LogP contribution in [0.5, 0.6) is 0 Å². The van der Waals surface area contributed by atoms with Crippen LogP contribution in [-0.2, 0) is 16.1 Å². The fourth-order valence-electron chi connectivity index (χ4n) is 4.26. The molecule has 2 saturated heterocycles. The zero-order valence-electron chi connectivity index (χ0n) is 15.5. The van der Waals surface area contributed by atoms with E-state index in [1.165, 1.54) is 5.56 Å². The molecule has 0 aromatic heterocycles. The lowest BCUT2D eigenvalue weighted by molar-refractivity contribution is -0.136. The normalized spacial score (nSPS) is 25.2. The summed E-state index contributed by atoms with van der Waals surface area (Å²) in [4.78, 5) is 31.3. The van der Waals surface area contributed by atoms with Crippen LogP contribution in [0.1, 0.15) is 37.7 Å². The highest BCUT2D eigenvalue weighted by Crippen LogP contribution is 2.31. The maximum atomic E-state index is 12.4. The number of rotatable bonds is 4. The minimum Gasteiger partial charge on any atom is -0.341 e. The number of nitrogens with zero attached hydrogens (tertiary/aromatic N) is 3. The van der Waals surface area contributed by atoms with E-state index in [0.29, 0.717) is 30.8 Å². The van der Waals surface area contributed by atoms with Crippen LogP contribution in [0.4, 0.5) is 0 Å². The van der Waals surface area contributed by atoms with Gasteiger partial charge in [0.1, 0.15) is 0 Å². The van der Waals surface area contributed by atoms with Crippen molar-refractivity contribution in [1.82, 2.24) is 14.7 Å². The minimum absolute atomic E-state index is 0.269. The summed E-state index contributed by atoms with van der Waals surface area (Å²) in [6.45, 7) is 5.23. The van der Waals surface area contributed by atoms with Crippen molar-refractivity contribution < 1.29 is 9.59 Å². The predicted octanol–water partition coefficient (Wildman–Crippen LogP) is 2.12. The Morgan fingerprint density at radius 3 is 2.58 bits per heavy atom. The number of likely N-dealkylation sites (tertiary alicyclic amines) is 1. The maximum absolute atomic E-state index is 12.4. The van der Waals surface area contributed by atoms with Crippen LogP contribution in [0.15, 0.2) is 30.3 Å². The number of carbonyl (C=O) groups excluding carboxylic acids is 2. The van der Waals surface area contributed by atoms with Crippen LogP contribution in [0.2, 0.25) is 0 Å². The zero-order valence-corrected chi connectivity index (χ0v) is 15.5. The topological polar surface area (TPSA) is 43.9 Å². The SMILES string of the molecule is O=C1CCC(N2CCCN(C(=O)C3CC3)CC2)CN1Cc1ccccc1. The van der Waals surface area contributed by atoms with Crippen LogP contribution < -0.4 is 0 Å². The van der Waals surface area contributed by atoms with E-state index in [4.69, 9.17) is 0 Å². The largest absolute Gasteiger partial charge is 0.341 e. The van der Waals surface area contributed by atoms with E-state index in [-0.39, 0.29) is 5.91 Å². The molecule has 140 valence electrons. The molecule has 0 N–H and O–H groups in total. The number of carbonyl (C=O) groups is 2. The first-order chi connectivity index (χ1) is 12.7. The molecule has 3 fully saturated rings. The zero-order chi connectivity index (χ0) is 17.9. The molecule has 1 aliphatic carbocycles. The molecule has 5 nitrogen and oxygen atoms in total. The molecule has 2 amide bonds. The van der Waals surface area contributed by atoms with Crippen molar-refractivity contribution in [3.05, 3.63) is 35.9 Å². The van der Waals surface area contributed by atoms with Crippen LogP contribution in [0.3, 0.4) is 0 Å². The third-order valence-electron chi connectivity index (χ3n) is 5.98. The van der Waals surface area contributed by atoms with E-state index < -0.39 is 0 Å². The average Bonchev–Trinajstić information content (AvgIpc) is 3.51. The van der Waals surface area contributed by atoms with E-state index in [1.807, 2.05) is 23.1 Å².